The smallest absolute Gasteiger partial charge is 0.337 e. The molecule has 0 spiro atoms. The lowest BCUT2D eigenvalue weighted by atomic mass is 10.0. The highest BCUT2D eigenvalue weighted by Gasteiger charge is 2.22. The Morgan fingerprint density at radius 2 is 2.16 bits per heavy atom. The summed E-state index contributed by atoms with van der Waals surface area (Å²) in [5.41, 5.74) is -0.129. The summed E-state index contributed by atoms with van der Waals surface area (Å²) < 4.78 is 13.0. The number of anilines is 1. The summed E-state index contributed by atoms with van der Waals surface area (Å²) in [7, 11) is 0. The van der Waals surface area contributed by atoms with Gasteiger partial charge in [0, 0.05) is 0 Å². The average molecular weight is 266 g/mol. The van der Waals surface area contributed by atoms with Crippen molar-refractivity contribution in [3.8, 4) is 0 Å². The molecule has 0 aliphatic carbocycles. The third-order valence-electron chi connectivity index (χ3n) is 3.10. The lowest BCUT2D eigenvalue weighted by Gasteiger charge is -2.22. The molecule has 102 valence electrons. The molecule has 0 bridgehead atoms. The molecule has 2 rings (SSSR count). The van der Waals surface area contributed by atoms with Gasteiger partial charge in [0.05, 0.1) is 17.3 Å². The van der Waals surface area contributed by atoms with Crippen molar-refractivity contribution in [2.75, 3.05) is 11.9 Å². The van der Waals surface area contributed by atoms with Crippen molar-refractivity contribution in [2.24, 2.45) is 0 Å². The Bertz CT molecular complexity index is 499. The highest BCUT2D eigenvalue weighted by atomic mass is 19.1. The second-order valence-electron chi connectivity index (χ2n) is 4.49. The molecule has 1 atom stereocenters. The zero-order chi connectivity index (χ0) is 13.8. The summed E-state index contributed by atoms with van der Waals surface area (Å²) >= 11 is 0. The second-order valence-corrected chi connectivity index (χ2v) is 4.49. The predicted molar refractivity (Wildman–Crippen MR) is 67.6 cm³/mol. The van der Waals surface area contributed by atoms with Crippen LogP contribution in [-0.4, -0.2) is 29.6 Å². The van der Waals surface area contributed by atoms with E-state index in [0.29, 0.717) is 0 Å². The topological polar surface area (TPSA) is 78.4 Å². The molecule has 1 heterocycles. The van der Waals surface area contributed by atoms with E-state index in [1.54, 1.807) is 0 Å². The maximum Gasteiger partial charge on any atom is 0.337 e. The molecule has 0 radical (unpaired) electrons. The maximum absolute atomic E-state index is 13.0. The molecule has 5 nitrogen and oxygen atoms in total. The quantitative estimate of drug-likeness (QED) is 0.776. The van der Waals surface area contributed by atoms with Crippen LogP contribution >= 0.6 is 0 Å². The Labute approximate surface area is 109 Å². The van der Waals surface area contributed by atoms with Crippen molar-refractivity contribution in [1.29, 1.82) is 0 Å². The van der Waals surface area contributed by atoms with Crippen LogP contribution in [-0.2, 0) is 4.79 Å². The summed E-state index contributed by atoms with van der Waals surface area (Å²) in [6, 6.07) is 2.96. The Morgan fingerprint density at radius 1 is 1.37 bits per heavy atom. The van der Waals surface area contributed by atoms with Crippen LogP contribution in [0.2, 0.25) is 0 Å². The van der Waals surface area contributed by atoms with Gasteiger partial charge in [0.25, 0.3) is 0 Å². The van der Waals surface area contributed by atoms with E-state index in [1.165, 1.54) is 6.07 Å². The van der Waals surface area contributed by atoms with E-state index in [4.69, 9.17) is 5.11 Å². The van der Waals surface area contributed by atoms with Crippen molar-refractivity contribution < 1.29 is 19.1 Å². The summed E-state index contributed by atoms with van der Waals surface area (Å²) in [5, 5.41) is 14.6. The van der Waals surface area contributed by atoms with Crippen LogP contribution in [0, 0.1) is 5.82 Å². The van der Waals surface area contributed by atoms with Crippen LogP contribution in [0.1, 0.15) is 29.6 Å². The van der Waals surface area contributed by atoms with Crippen molar-refractivity contribution in [1.82, 2.24) is 5.32 Å². The first kappa shape index (κ1) is 13.5. The van der Waals surface area contributed by atoms with Crippen LogP contribution in [0.4, 0.5) is 10.1 Å². The normalized spacial score (nSPS) is 18.9. The van der Waals surface area contributed by atoms with Crippen molar-refractivity contribution >= 4 is 17.6 Å². The second kappa shape index (κ2) is 5.79. The number of carboxylic acids is 1. The van der Waals surface area contributed by atoms with E-state index >= 15 is 0 Å². The third-order valence-corrected chi connectivity index (χ3v) is 3.10. The average Bonchev–Trinajstić information content (AvgIpc) is 2.41. The van der Waals surface area contributed by atoms with Gasteiger partial charge in [-0.15, -0.1) is 0 Å². The first-order valence-corrected chi connectivity index (χ1v) is 6.15. The third kappa shape index (κ3) is 3.29. The lowest BCUT2D eigenvalue weighted by Crippen LogP contribution is -2.43. The van der Waals surface area contributed by atoms with Gasteiger partial charge in [0.15, 0.2) is 0 Å². The van der Waals surface area contributed by atoms with Gasteiger partial charge >= 0.3 is 5.97 Å². The molecule has 0 unspecified atom stereocenters. The number of benzene rings is 1. The molecule has 6 heteroatoms. The summed E-state index contributed by atoms with van der Waals surface area (Å²) in [5.74, 6) is -2.20. The summed E-state index contributed by atoms with van der Waals surface area (Å²) in [6.07, 6.45) is 2.70. The molecule has 1 fully saturated rings. The molecule has 1 aliphatic heterocycles. The van der Waals surface area contributed by atoms with Crippen LogP contribution in [0.15, 0.2) is 18.2 Å². The Kier molecular flexibility index (Phi) is 4.11. The Hall–Kier alpha value is -1.95. The van der Waals surface area contributed by atoms with E-state index in [2.05, 4.69) is 10.6 Å². The number of nitrogens with one attached hydrogen (secondary N) is 2. The van der Waals surface area contributed by atoms with Crippen LogP contribution < -0.4 is 10.6 Å². The van der Waals surface area contributed by atoms with Gasteiger partial charge < -0.3 is 15.7 Å². The van der Waals surface area contributed by atoms with Gasteiger partial charge in [-0.2, -0.15) is 0 Å². The van der Waals surface area contributed by atoms with Crippen molar-refractivity contribution in [2.45, 2.75) is 25.3 Å². The molecule has 0 aromatic heterocycles. The van der Waals surface area contributed by atoms with E-state index in [9.17, 15) is 14.0 Å². The van der Waals surface area contributed by atoms with Gasteiger partial charge in [0.1, 0.15) is 5.82 Å². The number of hydrogen-bond acceptors (Lipinski definition) is 3. The molecular weight excluding hydrogens is 251 g/mol. The molecular formula is C13H15FN2O3. The Balaban J connectivity index is 2.13. The molecule has 1 aromatic carbocycles. The zero-order valence-corrected chi connectivity index (χ0v) is 10.3. The molecule has 19 heavy (non-hydrogen) atoms. The molecule has 1 aromatic rings. The van der Waals surface area contributed by atoms with Gasteiger partial charge in [-0.05, 0) is 37.6 Å². The summed E-state index contributed by atoms with van der Waals surface area (Å²) in [6.45, 7) is 0.771. The number of hydrogen-bond donors (Lipinski definition) is 3. The Morgan fingerprint density at radius 3 is 2.79 bits per heavy atom. The van der Waals surface area contributed by atoms with Gasteiger partial charge in [-0.25, -0.2) is 9.18 Å². The van der Waals surface area contributed by atoms with Crippen LogP contribution in [0.3, 0.4) is 0 Å². The molecule has 0 saturated carbocycles. The fraction of sp³-hybridized carbons (Fsp3) is 0.385. The van der Waals surface area contributed by atoms with Crippen LogP contribution in [0.25, 0.3) is 0 Å². The standard InChI is InChI=1S/C13H15FN2O3/c14-8-4-5-10(9(7-8)13(18)19)16-12(17)11-3-1-2-6-15-11/h4-5,7,11,15H,1-3,6H2,(H,16,17)(H,18,19)/t11-/m0/s1. The number of rotatable bonds is 3. The minimum absolute atomic E-state index is 0.117. The van der Waals surface area contributed by atoms with Gasteiger partial charge in [-0.1, -0.05) is 6.42 Å². The highest BCUT2D eigenvalue weighted by molar-refractivity contribution is 6.02. The summed E-state index contributed by atoms with van der Waals surface area (Å²) in [4.78, 5) is 23.0. The van der Waals surface area contributed by atoms with Crippen molar-refractivity contribution in [3.63, 3.8) is 0 Å². The number of piperidine rings is 1. The predicted octanol–water partition coefficient (Wildman–Crippen LogP) is 1.60. The molecule has 1 aliphatic rings. The number of carbonyl (C=O) groups excluding carboxylic acids is 1. The molecule has 1 saturated heterocycles. The number of halogens is 1. The fourth-order valence-corrected chi connectivity index (χ4v) is 2.10. The first-order valence-electron chi connectivity index (χ1n) is 6.15. The minimum atomic E-state index is -1.27. The zero-order valence-electron chi connectivity index (χ0n) is 10.3. The highest BCUT2D eigenvalue weighted by Crippen LogP contribution is 2.18. The fourth-order valence-electron chi connectivity index (χ4n) is 2.10. The number of aromatic carboxylic acids is 1. The minimum Gasteiger partial charge on any atom is -0.478 e. The van der Waals surface area contributed by atoms with Gasteiger partial charge in [-0.3, -0.25) is 4.79 Å². The number of carbonyl (C=O) groups is 2. The van der Waals surface area contributed by atoms with E-state index in [1.807, 2.05) is 0 Å². The SMILES string of the molecule is O=C(O)c1cc(F)ccc1NC(=O)[C@@H]1CCCCN1. The van der Waals surface area contributed by atoms with E-state index in [-0.39, 0.29) is 23.2 Å². The van der Waals surface area contributed by atoms with Crippen LogP contribution in [0.5, 0.6) is 0 Å². The number of carboxylic acid groups (broad SMARTS) is 1. The van der Waals surface area contributed by atoms with E-state index in [0.717, 1.165) is 37.9 Å². The first-order chi connectivity index (χ1) is 9.08. The van der Waals surface area contributed by atoms with Gasteiger partial charge in [0.2, 0.25) is 5.91 Å². The molecule has 1 amide bonds. The van der Waals surface area contributed by atoms with E-state index < -0.39 is 11.8 Å². The van der Waals surface area contributed by atoms with Crippen molar-refractivity contribution in [3.05, 3.63) is 29.6 Å². The monoisotopic (exact) mass is 266 g/mol. The molecule has 3 N–H and O–H groups in total. The maximum atomic E-state index is 13.0. The largest absolute Gasteiger partial charge is 0.478 e. The lowest BCUT2D eigenvalue weighted by molar-refractivity contribution is -0.118. The number of amides is 1.